The Hall–Kier alpha value is -1.65. The highest BCUT2D eigenvalue weighted by Crippen LogP contribution is 2.24. The Morgan fingerprint density at radius 3 is 3.00 bits per heavy atom. The molecular formula is C18H22N2OS. The molecule has 0 spiro atoms. The molecule has 1 N–H and O–H groups in total. The van der Waals surface area contributed by atoms with E-state index >= 15 is 0 Å². The Balaban J connectivity index is 1.56. The van der Waals surface area contributed by atoms with E-state index in [4.69, 9.17) is 0 Å². The van der Waals surface area contributed by atoms with Gasteiger partial charge in [0.05, 0.1) is 0 Å². The van der Waals surface area contributed by atoms with E-state index in [9.17, 15) is 4.79 Å². The van der Waals surface area contributed by atoms with Crippen molar-refractivity contribution in [1.29, 1.82) is 0 Å². The molecule has 2 aromatic rings. The number of thiophene rings is 1. The second-order valence-electron chi connectivity index (χ2n) is 5.96. The first-order valence-electron chi connectivity index (χ1n) is 7.78. The maximum absolute atomic E-state index is 12.3. The van der Waals surface area contributed by atoms with Crippen LogP contribution >= 0.6 is 11.3 Å². The van der Waals surface area contributed by atoms with Crippen molar-refractivity contribution >= 4 is 17.2 Å². The number of rotatable bonds is 4. The van der Waals surface area contributed by atoms with Crippen molar-refractivity contribution in [3.63, 3.8) is 0 Å². The van der Waals surface area contributed by atoms with Crippen LogP contribution in [0.15, 0.2) is 35.7 Å². The standard InChI is InChI=1S/C18H22N2OS/c1-13-5-3-4-6-16(13)18(21)19-11-14(2)20-9-7-17-15(12-20)8-10-22-17/h3-6,8,10,14H,7,9,11-12H2,1-2H3,(H,19,21). The van der Waals surface area contributed by atoms with Crippen LogP contribution in [0.5, 0.6) is 0 Å². The van der Waals surface area contributed by atoms with E-state index in [0.717, 1.165) is 30.6 Å². The van der Waals surface area contributed by atoms with Crippen LogP contribution in [0.3, 0.4) is 0 Å². The molecule has 1 aromatic carbocycles. The molecule has 3 rings (SSSR count). The lowest BCUT2D eigenvalue weighted by atomic mass is 10.1. The summed E-state index contributed by atoms with van der Waals surface area (Å²) in [5.74, 6) is 0.0261. The molecule has 0 fully saturated rings. The van der Waals surface area contributed by atoms with Crippen LogP contribution in [0, 0.1) is 6.92 Å². The smallest absolute Gasteiger partial charge is 0.251 e. The third kappa shape index (κ3) is 3.23. The number of nitrogens with one attached hydrogen (secondary N) is 1. The minimum atomic E-state index is 0.0261. The summed E-state index contributed by atoms with van der Waals surface area (Å²) in [5, 5.41) is 5.26. The van der Waals surface area contributed by atoms with Crippen molar-refractivity contribution in [1.82, 2.24) is 10.2 Å². The molecule has 1 atom stereocenters. The molecule has 0 bridgehead atoms. The van der Waals surface area contributed by atoms with Gasteiger partial charge in [0.1, 0.15) is 0 Å². The largest absolute Gasteiger partial charge is 0.350 e. The first-order chi connectivity index (χ1) is 10.6. The fourth-order valence-electron chi connectivity index (χ4n) is 2.94. The summed E-state index contributed by atoms with van der Waals surface area (Å²) in [6.07, 6.45) is 1.13. The van der Waals surface area contributed by atoms with Crippen molar-refractivity contribution < 1.29 is 4.79 Å². The third-order valence-electron chi connectivity index (χ3n) is 4.41. The fourth-order valence-corrected chi connectivity index (χ4v) is 3.83. The van der Waals surface area contributed by atoms with Gasteiger partial charge >= 0.3 is 0 Å². The zero-order chi connectivity index (χ0) is 15.5. The number of amides is 1. The van der Waals surface area contributed by atoms with E-state index in [2.05, 4.69) is 28.6 Å². The molecular weight excluding hydrogens is 292 g/mol. The molecule has 1 amide bonds. The molecule has 2 heterocycles. The Bertz CT molecular complexity index is 665. The molecule has 1 aliphatic rings. The molecule has 22 heavy (non-hydrogen) atoms. The lowest BCUT2D eigenvalue weighted by molar-refractivity contribution is 0.0932. The molecule has 0 aliphatic carbocycles. The Morgan fingerprint density at radius 2 is 2.18 bits per heavy atom. The molecule has 1 aromatic heterocycles. The highest BCUT2D eigenvalue weighted by molar-refractivity contribution is 7.10. The Morgan fingerprint density at radius 1 is 1.36 bits per heavy atom. The predicted molar refractivity (Wildman–Crippen MR) is 91.4 cm³/mol. The van der Waals surface area contributed by atoms with Gasteiger partial charge < -0.3 is 5.32 Å². The van der Waals surface area contributed by atoms with Gasteiger partial charge in [0.15, 0.2) is 0 Å². The summed E-state index contributed by atoms with van der Waals surface area (Å²) in [5.41, 5.74) is 3.25. The SMILES string of the molecule is Cc1ccccc1C(=O)NCC(C)N1CCc2sccc2C1. The number of aryl methyl sites for hydroxylation is 1. The Kier molecular flexibility index (Phi) is 4.60. The number of benzene rings is 1. The van der Waals surface area contributed by atoms with E-state index in [1.807, 2.05) is 42.5 Å². The third-order valence-corrected chi connectivity index (χ3v) is 5.43. The molecule has 1 aliphatic heterocycles. The van der Waals surface area contributed by atoms with Gasteiger partial charge in [-0.2, -0.15) is 0 Å². The number of carbonyl (C=O) groups excluding carboxylic acids is 1. The molecule has 116 valence electrons. The van der Waals surface area contributed by atoms with Crippen LogP contribution in [-0.2, 0) is 13.0 Å². The van der Waals surface area contributed by atoms with Crippen LogP contribution < -0.4 is 5.32 Å². The van der Waals surface area contributed by atoms with Gasteiger partial charge in [-0.05, 0) is 48.9 Å². The van der Waals surface area contributed by atoms with Crippen LogP contribution in [-0.4, -0.2) is 29.9 Å². The number of hydrogen-bond donors (Lipinski definition) is 1. The van der Waals surface area contributed by atoms with Gasteiger partial charge in [0.2, 0.25) is 0 Å². The van der Waals surface area contributed by atoms with Crippen molar-refractivity contribution in [2.45, 2.75) is 32.9 Å². The normalized spacial score (nSPS) is 16.1. The van der Waals surface area contributed by atoms with Gasteiger partial charge in [-0.25, -0.2) is 0 Å². The second-order valence-corrected chi connectivity index (χ2v) is 6.96. The minimum Gasteiger partial charge on any atom is -0.350 e. The summed E-state index contributed by atoms with van der Waals surface area (Å²) in [7, 11) is 0. The lowest BCUT2D eigenvalue weighted by Gasteiger charge is -2.32. The van der Waals surface area contributed by atoms with Crippen molar-refractivity contribution in [3.8, 4) is 0 Å². The van der Waals surface area contributed by atoms with Crippen LogP contribution in [0.2, 0.25) is 0 Å². The molecule has 3 nitrogen and oxygen atoms in total. The van der Waals surface area contributed by atoms with Crippen molar-refractivity contribution in [2.75, 3.05) is 13.1 Å². The molecule has 0 saturated carbocycles. The summed E-state index contributed by atoms with van der Waals surface area (Å²) in [6, 6.07) is 10.3. The number of nitrogens with zero attached hydrogens (tertiary/aromatic N) is 1. The highest BCUT2D eigenvalue weighted by Gasteiger charge is 2.21. The molecule has 0 radical (unpaired) electrons. The average Bonchev–Trinajstić information content (AvgIpc) is 3.00. The zero-order valence-corrected chi connectivity index (χ0v) is 14.0. The predicted octanol–water partition coefficient (Wildman–Crippen LogP) is 3.23. The number of hydrogen-bond acceptors (Lipinski definition) is 3. The number of carbonyl (C=O) groups is 1. The van der Waals surface area contributed by atoms with E-state index in [1.54, 1.807) is 0 Å². The quantitative estimate of drug-likeness (QED) is 0.939. The first kappa shape index (κ1) is 15.3. The van der Waals surface area contributed by atoms with Gasteiger partial charge in [-0.15, -0.1) is 11.3 Å². The van der Waals surface area contributed by atoms with Gasteiger partial charge in [0.25, 0.3) is 5.91 Å². The van der Waals surface area contributed by atoms with E-state index in [1.165, 1.54) is 10.4 Å². The summed E-state index contributed by atoms with van der Waals surface area (Å²) >= 11 is 1.86. The van der Waals surface area contributed by atoms with Crippen LogP contribution in [0.4, 0.5) is 0 Å². The molecule has 0 saturated heterocycles. The van der Waals surface area contributed by atoms with Crippen molar-refractivity contribution in [3.05, 3.63) is 57.3 Å². The average molecular weight is 314 g/mol. The summed E-state index contributed by atoms with van der Waals surface area (Å²) in [6.45, 7) is 6.93. The molecule has 1 unspecified atom stereocenters. The number of fused-ring (bicyclic) bond motifs is 1. The van der Waals surface area contributed by atoms with E-state index in [0.29, 0.717) is 12.6 Å². The zero-order valence-electron chi connectivity index (χ0n) is 13.1. The monoisotopic (exact) mass is 314 g/mol. The molecule has 4 heteroatoms. The van der Waals surface area contributed by atoms with Gasteiger partial charge in [-0.3, -0.25) is 9.69 Å². The minimum absolute atomic E-state index is 0.0261. The van der Waals surface area contributed by atoms with Crippen molar-refractivity contribution in [2.24, 2.45) is 0 Å². The highest BCUT2D eigenvalue weighted by atomic mass is 32.1. The van der Waals surface area contributed by atoms with Crippen LogP contribution in [0.25, 0.3) is 0 Å². The lowest BCUT2D eigenvalue weighted by Crippen LogP contribution is -2.44. The topological polar surface area (TPSA) is 32.3 Å². The van der Waals surface area contributed by atoms with E-state index in [-0.39, 0.29) is 5.91 Å². The maximum atomic E-state index is 12.3. The maximum Gasteiger partial charge on any atom is 0.251 e. The van der Waals surface area contributed by atoms with Gasteiger partial charge in [-0.1, -0.05) is 18.2 Å². The van der Waals surface area contributed by atoms with Gasteiger partial charge in [0, 0.05) is 36.1 Å². The summed E-state index contributed by atoms with van der Waals surface area (Å²) in [4.78, 5) is 16.3. The second kappa shape index (κ2) is 6.63. The van der Waals surface area contributed by atoms with Crippen LogP contribution in [0.1, 0.15) is 33.3 Å². The fraction of sp³-hybridized carbons (Fsp3) is 0.389. The Labute approximate surface area is 136 Å². The summed E-state index contributed by atoms with van der Waals surface area (Å²) < 4.78 is 0. The van der Waals surface area contributed by atoms with E-state index < -0.39 is 0 Å². The first-order valence-corrected chi connectivity index (χ1v) is 8.66.